The third-order valence-electron chi connectivity index (χ3n) is 3.55. The summed E-state index contributed by atoms with van der Waals surface area (Å²) in [6.07, 6.45) is 0. The van der Waals surface area contributed by atoms with Gasteiger partial charge in [0.2, 0.25) is 0 Å². The third kappa shape index (κ3) is 3.94. The van der Waals surface area contributed by atoms with Crippen LogP contribution in [0.2, 0.25) is 0 Å². The smallest absolute Gasteiger partial charge is 0.251 e. The van der Waals surface area contributed by atoms with Crippen LogP contribution in [0, 0.1) is 20.8 Å². The maximum Gasteiger partial charge on any atom is 0.251 e. The van der Waals surface area contributed by atoms with Crippen molar-refractivity contribution < 1.29 is 4.79 Å². The fourth-order valence-electron chi connectivity index (χ4n) is 2.45. The molecule has 2 aromatic rings. The van der Waals surface area contributed by atoms with Crippen molar-refractivity contribution in [2.45, 2.75) is 33.7 Å². The summed E-state index contributed by atoms with van der Waals surface area (Å²) in [7, 11) is 0. The molecule has 2 nitrogen and oxygen atoms in total. The van der Waals surface area contributed by atoms with Gasteiger partial charge < -0.3 is 5.32 Å². The van der Waals surface area contributed by atoms with Crippen molar-refractivity contribution in [2.75, 3.05) is 0 Å². The van der Waals surface area contributed by atoms with Gasteiger partial charge >= 0.3 is 0 Å². The number of nitrogens with one attached hydrogen (secondary N) is 1. The van der Waals surface area contributed by atoms with Crippen LogP contribution in [0.5, 0.6) is 0 Å². The Morgan fingerprint density at radius 3 is 2.43 bits per heavy atom. The monoisotopic (exact) mass is 345 g/mol. The van der Waals surface area contributed by atoms with Crippen LogP contribution < -0.4 is 5.32 Å². The van der Waals surface area contributed by atoms with E-state index < -0.39 is 0 Å². The Balaban J connectivity index is 2.20. The normalized spacial score (nSPS) is 12.0. The van der Waals surface area contributed by atoms with Gasteiger partial charge in [-0.3, -0.25) is 4.79 Å². The summed E-state index contributed by atoms with van der Waals surface area (Å²) in [6, 6.07) is 12.0. The highest BCUT2D eigenvalue weighted by molar-refractivity contribution is 9.10. The zero-order valence-corrected chi connectivity index (χ0v) is 14.4. The van der Waals surface area contributed by atoms with E-state index in [0.717, 1.165) is 15.6 Å². The number of carbonyl (C=O) groups is 1. The molecule has 0 aliphatic carbocycles. The van der Waals surface area contributed by atoms with Gasteiger partial charge in [0.1, 0.15) is 0 Å². The van der Waals surface area contributed by atoms with Crippen molar-refractivity contribution in [2.24, 2.45) is 0 Å². The lowest BCUT2D eigenvalue weighted by atomic mass is 9.99. The molecule has 0 aromatic heterocycles. The molecule has 1 atom stereocenters. The van der Waals surface area contributed by atoms with E-state index in [4.69, 9.17) is 0 Å². The van der Waals surface area contributed by atoms with Gasteiger partial charge in [0.25, 0.3) is 5.91 Å². The van der Waals surface area contributed by atoms with Crippen molar-refractivity contribution in [3.63, 3.8) is 0 Å². The lowest BCUT2D eigenvalue weighted by molar-refractivity contribution is 0.0939. The number of carbonyl (C=O) groups excluding carboxylic acids is 1. The first-order chi connectivity index (χ1) is 9.86. The standard InChI is InChI=1S/C18H20BrNO/c1-11-5-6-13(3)17(9-11)14(4)20-18(21)15-7-12(2)8-16(19)10-15/h5-10,14H,1-4H3,(H,20,21). The zero-order chi connectivity index (χ0) is 15.6. The topological polar surface area (TPSA) is 29.1 Å². The van der Waals surface area contributed by atoms with Crippen LogP contribution in [0.3, 0.4) is 0 Å². The Hall–Kier alpha value is -1.61. The largest absolute Gasteiger partial charge is 0.346 e. The fourth-order valence-corrected chi connectivity index (χ4v) is 3.06. The molecule has 0 heterocycles. The van der Waals surface area contributed by atoms with Crippen molar-refractivity contribution >= 4 is 21.8 Å². The van der Waals surface area contributed by atoms with Crippen LogP contribution in [0.4, 0.5) is 0 Å². The number of amides is 1. The number of benzene rings is 2. The molecule has 0 aliphatic rings. The van der Waals surface area contributed by atoms with Gasteiger partial charge in [0, 0.05) is 10.0 Å². The Morgan fingerprint density at radius 1 is 1.05 bits per heavy atom. The Labute approximate surface area is 134 Å². The molecule has 0 bridgehead atoms. The van der Waals surface area contributed by atoms with E-state index in [9.17, 15) is 4.79 Å². The number of aryl methyl sites for hydroxylation is 3. The highest BCUT2D eigenvalue weighted by Crippen LogP contribution is 2.20. The molecule has 110 valence electrons. The number of hydrogen-bond acceptors (Lipinski definition) is 1. The van der Waals surface area contributed by atoms with E-state index in [1.165, 1.54) is 11.1 Å². The molecule has 21 heavy (non-hydrogen) atoms. The Kier molecular flexibility index (Phi) is 4.84. The second-order valence-electron chi connectivity index (χ2n) is 5.57. The summed E-state index contributed by atoms with van der Waals surface area (Å²) in [4.78, 5) is 12.4. The summed E-state index contributed by atoms with van der Waals surface area (Å²) in [6.45, 7) is 8.13. The van der Waals surface area contributed by atoms with Gasteiger partial charge in [0.15, 0.2) is 0 Å². The highest BCUT2D eigenvalue weighted by Gasteiger charge is 2.14. The summed E-state index contributed by atoms with van der Waals surface area (Å²) in [5, 5.41) is 3.08. The van der Waals surface area contributed by atoms with E-state index in [1.807, 2.05) is 32.0 Å². The molecule has 2 rings (SSSR count). The van der Waals surface area contributed by atoms with Crippen molar-refractivity contribution in [3.8, 4) is 0 Å². The molecule has 2 aromatic carbocycles. The molecule has 1 unspecified atom stereocenters. The molecule has 0 radical (unpaired) electrons. The van der Waals surface area contributed by atoms with E-state index in [2.05, 4.69) is 53.3 Å². The summed E-state index contributed by atoms with van der Waals surface area (Å²) in [5.74, 6) is -0.0483. The van der Waals surface area contributed by atoms with Gasteiger partial charge in [-0.05, 0) is 62.6 Å². The van der Waals surface area contributed by atoms with Gasteiger partial charge in [-0.15, -0.1) is 0 Å². The first kappa shape index (κ1) is 15.8. The van der Waals surface area contributed by atoms with Crippen LogP contribution in [0.25, 0.3) is 0 Å². The summed E-state index contributed by atoms with van der Waals surface area (Å²) in [5.41, 5.74) is 5.30. The first-order valence-electron chi connectivity index (χ1n) is 7.02. The predicted octanol–water partition coefficient (Wildman–Crippen LogP) is 4.87. The maximum atomic E-state index is 12.4. The molecule has 1 N–H and O–H groups in total. The second-order valence-corrected chi connectivity index (χ2v) is 6.49. The first-order valence-corrected chi connectivity index (χ1v) is 7.81. The average Bonchev–Trinajstić information content (AvgIpc) is 2.40. The van der Waals surface area contributed by atoms with Crippen LogP contribution in [-0.2, 0) is 0 Å². The van der Waals surface area contributed by atoms with Crippen molar-refractivity contribution in [1.29, 1.82) is 0 Å². The van der Waals surface area contributed by atoms with Gasteiger partial charge in [-0.25, -0.2) is 0 Å². The molecule has 0 saturated carbocycles. The third-order valence-corrected chi connectivity index (χ3v) is 4.01. The SMILES string of the molecule is Cc1cc(Br)cc(C(=O)NC(C)c2cc(C)ccc2C)c1. The zero-order valence-electron chi connectivity index (χ0n) is 12.8. The Bertz CT molecular complexity index is 659. The van der Waals surface area contributed by atoms with E-state index >= 15 is 0 Å². The summed E-state index contributed by atoms with van der Waals surface area (Å²) < 4.78 is 0.923. The van der Waals surface area contributed by atoms with Gasteiger partial charge in [0.05, 0.1) is 6.04 Å². The summed E-state index contributed by atoms with van der Waals surface area (Å²) >= 11 is 3.43. The Morgan fingerprint density at radius 2 is 1.76 bits per heavy atom. The molecule has 0 aliphatic heterocycles. The van der Waals surface area contributed by atoms with Crippen LogP contribution >= 0.6 is 15.9 Å². The molecular formula is C18H20BrNO. The number of rotatable bonds is 3. The number of halogens is 1. The lowest BCUT2D eigenvalue weighted by Gasteiger charge is -2.17. The quantitative estimate of drug-likeness (QED) is 0.844. The van der Waals surface area contributed by atoms with Crippen LogP contribution in [-0.4, -0.2) is 5.91 Å². The molecule has 1 amide bonds. The van der Waals surface area contributed by atoms with Gasteiger partial charge in [-0.1, -0.05) is 39.7 Å². The molecule has 0 saturated heterocycles. The molecule has 0 spiro atoms. The average molecular weight is 346 g/mol. The molecule has 0 fully saturated rings. The minimum atomic E-state index is -0.0483. The minimum absolute atomic E-state index is 0.0170. The van der Waals surface area contributed by atoms with E-state index in [-0.39, 0.29) is 11.9 Å². The molecular weight excluding hydrogens is 326 g/mol. The van der Waals surface area contributed by atoms with Gasteiger partial charge in [-0.2, -0.15) is 0 Å². The highest BCUT2D eigenvalue weighted by atomic mass is 79.9. The fraction of sp³-hybridized carbons (Fsp3) is 0.278. The maximum absolute atomic E-state index is 12.4. The van der Waals surface area contributed by atoms with E-state index in [0.29, 0.717) is 5.56 Å². The molecule has 3 heteroatoms. The minimum Gasteiger partial charge on any atom is -0.346 e. The lowest BCUT2D eigenvalue weighted by Crippen LogP contribution is -2.27. The second kappa shape index (κ2) is 6.44. The number of hydrogen-bond donors (Lipinski definition) is 1. The van der Waals surface area contributed by atoms with Crippen molar-refractivity contribution in [1.82, 2.24) is 5.32 Å². The van der Waals surface area contributed by atoms with Crippen molar-refractivity contribution in [3.05, 3.63) is 68.7 Å². The predicted molar refractivity (Wildman–Crippen MR) is 90.7 cm³/mol. The van der Waals surface area contributed by atoms with Crippen LogP contribution in [0.1, 0.15) is 45.6 Å². The van der Waals surface area contributed by atoms with E-state index in [1.54, 1.807) is 0 Å². The van der Waals surface area contributed by atoms with Crippen LogP contribution in [0.15, 0.2) is 40.9 Å².